The minimum atomic E-state index is 0.787. The maximum Gasteiger partial charge on any atom is 0.136 e. The van der Waals surface area contributed by atoms with E-state index in [9.17, 15) is 0 Å². The highest BCUT2D eigenvalue weighted by Gasteiger charge is 2.05. The number of hydrogen-bond donors (Lipinski definition) is 0. The van der Waals surface area contributed by atoms with Crippen LogP contribution in [0.2, 0.25) is 0 Å². The van der Waals surface area contributed by atoms with Crippen LogP contribution in [0.15, 0.2) is 22.7 Å². The lowest BCUT2D eigenvalue weighted by molar-refractivity contribution is 0.312. The SMILES string of the molecule is CCCOc1c(Br)cccc1CC. The van der Waals surface area contributed by atoms with Crippen molar-refractivity contribution in [3.8, 4) is 5.75 Å². The topological polar surface area (TPSA) is 9.23 Å². The van der Waals surface area contributed by atoms with E-state index in [-0.39, 0.29) is 0 Å². The van der Waals surface area contributed by atoms with Gasteiger partial charge < -0.3 is 4.74 Å². The summed E-state index contributed by atoms with van der Waals surface area (Å²) >= 11 is 3.49. The Hall–Kier alpha value is -0.500. The molecule has 0 unspecified atom stereocenters. The van der Waals surface area contributed by atoms with Crippen LogP contribution >= 0.6 is 15.9 Å². The number of para-hydroxylation sites is 1. The molecule has 0 radical (unpaired) electrons. The molecule has 0 amide bonds. The predicted octanol–water partition coefficient (Wildman–Crippen LogP) is 3.80. The van der Waals surface area contributed by atoms with Crippen LogP contribution in [0.5, 0.6) is 5.75 Å². The maximum absolute atomic E-state index is 5.66. The van der Waals surface area contributed by atoms with E-state index in [2.05, 4.69) is 35.8 Å². The first kappa shape index (κ1) is 10.6. The van der Waals surface area contributed by atoms with Crippen LogP contribution in [-0.4, -0.2) is 6.61 Å². The third-order valence-corrected chi connectivity index (χ3v) is 2.50. The molecule has 0 fully saturated rings. The second-order valence-corrected chi connectivity index (χ2v) is 3.78. The quantitative estimate of drug-likeness (QED) is 0.781. The average Bonchev–Trinajstić information content (AvgIpc) is 2.15. The molecule has 0 saturated heterocycles. The zero-order valence-electron chi connectivity index (χ0n) is 8.14. The van der Waals surface area contributed by atoms with E-state index in [1.54, 1.807) is 0 Å². The molecule has 0 bridgehead atoms. The molecule has 1 rings (SSSR count). The molecule has 0 heterocycles. The summed E-state index contributed by atoms with van der Waals surface area (Å²) in [6, 6.07) is 6.17. The van der Waals surface area contributed by atoms with Gasteiger partial charge in [-0.25, -0.2) is 0 Å². The molecule has 1 aromatic carbocycles. The standard InChI is InChI=1S/C11H15BrO/c1-3-8-13-11-9(4-2)6-5-7-10(11)12/h5-7H,3-4,8H2,1-2H3. The minimum Gasteiger partial charge on any atom is -0.492 e. The smallest absolute Gasteiger partial charge is 0.136 e. The number of halogens is 1. The summed E-state index contributed by atoms with van der Waals surface area (Å²) in [4.78, 5) is 0. The Balaban J connectivity index is 2.87. The fraction of sp³-hybridized carbons (Fsp3) is 0.455. The molecule has 0 aromatic heterocycles. The summed E-state index contributed by atoms with van der Waals surface area (Å²) in [7, 11) is 0. The van der Waals surface area contributed by atoms with Gasteiger partial charge in [-0.15, -0.1) is 0 Å². The van der Waals surface area contributed by atoms with E-state index in [1.165, 1.54) is 5.56 Å². The first-order chi connectivity index (χ1) is 6.29. The van der Waals surface area contributed by atoms with Gasteiger partial charge in [0.2, 0.25) is 0 Å². The number of benzene rings is 1. The number of hydrogen-bond acceptors (Lipinski definition) is 1. The third kappa shape index (κ3) is 2.73. The van der Waals surface area contributed by atoms with Crippen molar-refractivity contribution in [1.82, 2.24) is 0 Å². The van der Waals surface area contributed by atoms with Gasteiger partial charge in [0.1, 0.15) is 5.75 Å². The van der Waals surface area contributed by atoms with E-state index >= 15 is 0 Å². The van der Waals surface area contributed by atoms with Gasteiger partial charge in [0.25, 0.3) is 0 Å². The van der Waals surface area contributed by atoms with E-state index in [1.807, 2.05) is 12.1 Å². The van der Waals surface area contributed by atoms with Gasteiger partial charge in [-0.2, -0.15) is 0 Å². The summed E-state index contributed by atoms with van der Waals surface area (Å²) in [5.41, 5.74) is 1.27. The second-order valence-electron chi connectivity index (χ2n) is 2.93. The zero-order valence-corrected chi connectivity index (χ0v) is 9.73. The van der Waals surface area contributed by atoms with Gasteiger partial charge in [0.05, 0.1) is 11.1 Å². The van der Waals surface area contributed by atoms with Crippen molar-refractivity contribution in [1.29, 1.82) is 0 Å². The molecule has 1 aromatic rings. The molecule has 1 nitrogen and oxygen atoms in total. The van der Waals surface area contributed by atoms with Crippen molar-refractivity contribution in [2.75, 3.05) is 6.61 Å². The molecular formula is C11H15BrO. The summed E-state index contributed by atoms with van der Waals surface area (Å²) in [6.07, 6.45) is 2.06. The summed E-state index contributed by atoms with van der Waals surface area (Å²) in [5, 5.41) is 0. The van der Waals surface area contributed by atoms with Gasteiger partial charge >= 0.3 is 0 Å². The first-order valence-corrected chi connectivity index (χ1v) is 5.49. The van der Waals surface area contributed by atoms with Crippen molar-refractivity contribution in [3.63, 3.8) is 0 Å². The van der Waals surface area contributed by atoms with Gasteiger partial charge in [-0.3, -0.25) is 0 Å². The monoisotopic (exact) mass is 242 g/mol. The van der Waals surface area contributed by atoms with Gasteiger partial charge in [-0.05, 0) is 40.4 Å². The Labute approximate surface area is 88.2 Å². The lowest BCUT2D eigenvalue weighted by Crippen LogP contribution is -1.99. The molecule has 0 aliphatic rings. The fourth-order valence-corrected chi connectivity index (χ4v) is 1.72. The molecular weight excluding hydrogens is 228 g/mol. The van der Waals surface area contributed by atoms with Crippen LogP contribution in [0, 0.1) is 0 Å². The molecule has 0 aliphatic carbocycles. The zero-order chi connectivity index (χ0) is 9.68. The maximum atomic E-state index is 5.66. The third-order valence-electron chi connectivity index (χ3n) is 1.88. The second kappa shape index (κ2) is 5.28. The van der Waals surface area contributed by atoms with E-state index in [0.29, 0.717) is 0 Å². The summed E-state index contributed by atoms with van der Waals surface area (Å²) < 4.78 is 6.72. The molecule has 13 heavy (non-hydrogen) atoms. The van der Waals surface area contributed by atoms with Crippen molar-refractivity contribution >= 4 is 15.9 Å². The predicted molar refractivity (Wildman–Crippen MR) is 59.3 cm³/mol. The van der Waals surface area contributed by atoms with Crippen LogP contribution in [0.25, 0.3) is 0 Å². The molecule has 0 N–H and O–H groups in total. The normalized spacial score (nSPS) is 10.1. The van der Waals surface area contributed by atoms with Crippen molar-refractivity contribution in [2.24, 2.45) is 0 Å². The number of aryl methyl sites for hydroxylation is 1. The number of ether oxygens (including phenoxy) is 1. The molecule has 72 valence electrons. The Morgan fingerprint density at radius 3 is 2.69 bits per heavy atom. The van der Waals surface area contributed by atoms with Crippen molar-refractivity contribution in [3.05, 3.63) is 28.2 Å². The van der Waals surface area contributed by atoms with E-state index in [0.717, 1.165) is 29.7 Å². The Bertz CT molecular complexity index is 271. The molecule has 2 heteroatoms. The Morgan fingerprint density at radius 1 is 1.31 bits per heavy atom. The van der Waals surface area contributed by atoms with Crippen LogP contribution < -0.4 is 4.74 Å². The Morgan fingerprint density at radius 2 is 2.08 bits per heavy atom. The summed E-state index contributed by atoms with van der Waals surface area (Å²) in [5.74, 6) is 1.01. The van der Waals surface area contributed by atoms with Crippen molar-refractivity contribution < 1.29 is 4.74 Å². The van der Waals surface area contributed by atoms with Gasteiger partial charge in [-0.1, -0.05) is 26.0 Å². The average molecular weight is 243 g/mol. The lowest BCUT2D eigenvalue weighted by Gasteiger charge is -2.11. The first-order valence-electron chi connectivity index (χ1n) is 4.69. The van der Waals surface area contributed by atoms with Gasteiger partial charge in [0.15, 0.2) is 0 Å². The number of rotatable bonds is 4. The largest absolute Gasteiger partial charge is 0.492 e. The molecule has 0 saturated carbocycles. The minimum absolute atomic E-state index is 0.787. The molecule has 0 spiro atoms. The van der Waals surface area contributed by atoms with E-state index in [4.69, 9.17) is 4.74 Å². The molecule has 0 atom stereocenters. The highest BCUT2D eigenvalue weighted by Crippen LogP contribution is 2.29. The summed E-state index contributed by atoms with van der Waals surface area (Å²) in [6.45, 7) is 5.04. The van der Waals surface area contributed by atoms with Crippen LogP contribution in [-0.2, 0) is 6.42 Å². The Kier molecular flexibility index (Phi) is 4.29. The van der Waals surface area contributed by atoms with Crippen LogP contribution in [0.4, 0.5) is 0 Å². The van der Waals surface area contributed by atoms with Crippen LogP contribution in [0.3, 0.4) is 0 Å². The molecule has 0 aliphatic heterocycles. The van der Waals surface area contributed by atoms with Crippen molar-refractivity contribution in [2.45, 2.75) is 26.7 Å². The highest BCUT2D eigenvalue weighted by molar-refractivity contribution is 9.10. The van der Waals surface area contributed by atoms with E-state index < -0.39 is 0 Å². The lowest BCUT2D eigenvalue weighted by atomic mass is 10.1. The fourth-order valence-electron chi connectivity index (χ4n) is 1.20. The van der Waals surface area contributed by atoms with Gasteiger partial charge in [0, 0.05) is 0 Å². The highest BCUT2D eigenvalue weighted by atomic mass is 79.9. The van der Waals surface area contributed by atoms with Crippen LogP contribution in [0.1, 0.15) is 25.8 Å².